The molecule has 2 aliphatic carbocycles. The number of likely N-dealkylation sites (tertiary alicyclic amines) is 1. The maximum atomic E-state index is 10.4. The zero-order valence-electron chi connectivity index (χ0n) is 16.1. The second-order valence-corrected chi connectivity index (χ2v) is 8.46. The van der Waals surface area contributed by atoms with Gasteiger partial charge in [-0.1, -0.05) is 19.8 Å². The summed E-state index contributed by atoms with van der Waals surface area (Å²) in [6.07, 6.45) is 8.09. The number of rotatable bonds is 5. The molecule has 4 atom stereocenters. The lowest BCUT2D eigenvalue weighted by Crippen LogP contribution is -2.46. The first-order valence-electron chi connectivity index (χ1n) is 10.0. The van der Waals surface area contributed by atoms with Crippen LogP contribution < -0.4 is 10.6 Å². The number of guanidine groups is 1. The van der Waals surface area contributed by atoms with Crippen molar-refractivity contribution < 1.29 is 5.11 Å². The monoisotopic (exact) mass is 464 g/mol. The molecule has 0 spiro atoms. The molecule has 0 aromatic heterocycles. The van der Waals surface area contributed by atoms with Crippen molar-refractivity contribution in [1.82, 2.24) is 15.5 Å². The molecule has 1 saturated heterocycles. The van der Waals surface area contributed by atoms with Gasteiger partial charge in [-0.15, -0.1) is 24.0 Å². The van der Waals surface area contributed by atoms with Crippen LogP contribution in [0.3, 0.4) is 0 Å². The molecule has 3 aliphatic rings. The lowest BCUT2D eigenvalue weighted by atomic mass is 9.73. The SMILES string of the molecule is CCNC(=NCC1(C)CCCCC1O)NC1CC(C)N(C2CC2)C1.I. The fraction of sp³-hybridized carbons (Fsp3) is 0.947. The molecule has 0 aromatic carbocycles. The van der Waals surface area contributed by atoms with Crippen LogP contribution in [0.1, 0.15) is 65.7 Å². The third-order valence-electron chi connectivity index (χ3n) is 6.20. The van der Waals surface area contributed by atoms with Crippen LogP contribution in [0, 0.1) is 5.41 Å². The lowest BCUT2D eigenvalue weighted by molar-refractivity contribution is 0.00715. The van der Waals surface area contributed by atoms with Crippen molar-refractivity contribution in [3.8, 4) is 0 Å². The number of nitrogens with zero attached hydrogens (tertiary/aromatic N) is 2. The molecule has 146 valence electrons. The first-order valence-corrected chi connectivity index (χ1v) is 10.0. The smallest absolute Gasteiger partial charge is 0.191 e. The highest BCUT2D eigenvalue weighted by Crippen LogP contribution is 2.36. The average molecular weight is 464 g/mol. The van der Waals surface area contributed by atoms with Crippen LogP contribution in [0.15, 0.2) is 4.99 Å². The zero-order chi connectivity index (χ0) is 17.2. The van der Waals surface area contributed by atoms with Gasteiger partial charge in [0.1, 0.15) is 0 Å². The summed E-state index contributed by atoms with van der Waals surface area (Å²) in [7, 11) is 0. The van der Waals surface area contributed by atoms with E-state index in [0.29, 0.717) is 18.6 Å². The van der Waals surface area contributed by atoms with E-state index in [4.69, 9.17) is 4.99 Å². The van der Waals surface area contributed by atoms with Crippen LogP contribution in [0.25, 0.3) is 0 Å². The largest absolute Gasteiger partial charge is 0.392 e. The average Bonchev–Trinajstić information content (AvgIpc) is 3.32. The number of aliphatic hydroxyl groups is 1. The Morgan fingerprint density at radius 3 is 2.68 bits per heavy atom. The Balaban J connectivity index is 0.00000225. The Bertz CT molecular complexity index is 457. The Labute approximate surface area is 170 Å². The molecule has 6 heteroatoms. The molecule has 1 aliphatic heterocycles. The molecule has 3 fully saturated rings. The van der Waals surface area contributed by atoms with E-state index < -0.39 is 0 Å². The van der Waals surface area contributed by atoms with Crippen molar-refractivity contribution in [2.75, 3.05) is 19.6 Å². The summed E-state index contributed by atoms with van der Waals surface area (Å²) in [6.45, 7) is 9.37. The van der Waals surface area contributed by atoms with Gasteiger partial charge in [-0.2, -0.15) is 0 Å². The number of hydrogen-bond acceptors (Lipinski definition) is 3. The van der Waals surface area contributed by atoms with E-state index in [1.54, 1.807) is 0 Å². The number of halogens is 1. The van der Waals surface area contributed by atoms with Gasteiger partial charge < -0.3 is 15.7 Å². The Hall–Kier alpha value is -0.0800. The van der Waals surface area contributed by atoms with E-state index in [9.17, 15) is 5.11 Å². The first-order chi connectivity index (χ1) is 11.5. The second kappa shape index (κ2) is 9.22. The molecule has 2 saturated carbocycles. The van der Waals surface area contributed by atoms with Gasteiger partial charge in [0.05, 0.1) is 12.6 Å². The van der Waals surface area contributed by atoms with E-state index in [1.807, 2.05) is 0 Å². The molecule has 5 nitrogen and oxygen atoms in total. The maximum absolute atomic E-state index is 10.4. The van der Waals surface area contributed by atoms with E-state index in [0.717, 1.165) is 44.4 Å². The third kappa shape index (κ3) is 5.45. The van der Waals surface area contributed by atoms with E-state index in [1.165, 1.54) is 25.7 Å². The molecule has 0 radical (unpaired) electrons. The quantitative estimate of drug-likeness (QED) is 0.333. The highest BCUT2D eigenvalue weighted by atomic mass is 127. The van der Waals surface area contributed by atoms with E-state index in [2.05, 4.69) is 36.3 Å². The molecule has 0 bridgehead atoms. The van der Waals surface area contributed by atoms with Gasteiger partial charge in [0.25, 0.3) is 0 Å². The normalized spacial score (nSPS) is 36.8. The first kappa shape index (κ1) is 21.2. The van der Waals surface area contributed by atoms with Crippen LogP contribution in [0.2, 0.25) is 0 Å². The number of aliphatic hydroxyl groups excluding tert-OH is 1. The highest BCUT2D eigenvalue weighted by Gasteiger charge is 2.39. The maximum Gasteiger partial charge on any atom is 0.191 e. The van der Waals surface area contributed by atoms with Crippen molar-refractivity contribution in [3.63, 3.8) is 0 Å². The Morgan fingerprint density at radius 1 is 1.28 bits per heavy atom. The van der Waals surface area contributed by atoms with Gasteiger partial charge in [0.2, 0.25) is 0 Å². The highest BCUT2D eigenvalue weighted by molar-refractivity contribution is 14.0. The molecule has 3 rings (SSSR count). The summed E-state index contributed by atoms with van der Waals surface area (Å²) >= 11 is 0. The van der Waals surface area contributed by atoms with Gasteiger partial charge in [-0.3, -0.25) is 9.89 Å². The fourth-order valence-corrected chi connectivity index (χ4v) is 4.41. The molecule has 1 heterocycles. The predicted octanol–water partition coefficient (Wildman–Crippen LogP) is 2.73. The number of nitrogens with one attached hydrogen (secondary N) is 2. The van der Waals surface area contributed by atoms with Crippen molar-refractivity contribution in [2.45, 2.75) is 89.9 Å². The van der Waals surface area contributed by atoms with Crippen molar-refractivity contribution >= 4 is 29.9 Å². The van der Waals surface area contributed by atoms with Gasteiger partial charge in [0.15, 0.2) is 5.96 Å². The number of hydrogen-bond donors (Lipinski definition) is 3. The van der Waals surface area contributed by atoms with Crippen molar-refractivity contribution in [1.29, 1.82) is 0 Å². The van der Waals surface area contributed by atoms with Crippen LogP contribution >= 0.6 is 24.0 Å². The summed E-state index contributed by atoms with van der Waals surface area (Å²) in [5.74, 6) is 0.923. The molecular weight excluding hydrogens is 427 g/mol. The van der Waals surface area contributed by atoms with Crippen molar-refractivity contribution in [3.05, 3.63) is 0 Å². The van der Waals surface area contributed by atoms with Crippen molar-refractivity contribution in [2.24, 2.45) is 10.4 Å². The lowest BCUT2D eigenvalue weighted by Gasteiger charge is -2.37. The Morgan fingerprint density at radius 2 is 2.04 bits per heavy atom. The summed E-state index contributed by atoms with van der Waals surface area (Å²) in [5.41, 5.74) is -0.0659. The van der Waals surface area contributed by atoms with Gasteiger partial charge in [-0.25, -0.2) is 0 Å². The van der Waals surface area contributed by atoms with Gasteiger partial charge >= 0.3 is 0 Å². The van der Waals surface area contributed by atoms with E-state index >= 15 is 0 Å². The molecule has 25 heavy (non-hydrogen) atoms. The molecule has 0 aromatic rings. The minimum Gasteiger partial charge on any atom is -0.392 e. The third-order valence-corrected chi connectivity index (χ3v) is 6.20. The molecule has 0 amide bonds. The predicted molar refractivity (Wildman–Crippen MR) is 115 cm³/mol. The molecular formula is C19H37IN4O. The van der Waals surface area contributed by atoms with Crippen LogP contribution in [-0.4, -0.2) is 59.8 Å². The second-order valence-electron chi connectivity index (χ2n) is 8.46. The van der Waals surface area contributed by atoms with Gasteiger partial charge in [0, 0.05) is 36.6 Å². The zero-order valence-corrected chi connectivity index (χ0v) is 18.5. The van der Waals surface area contributed by atoms with Crippen LogP contribution in [-0.2, 0) is 0 Å². The minimum atomic E-state index is -0.213. The Kier molecular flexibility index (Phi) is 7.83. The van der Waals surface area contributed by atoms with Crippen LogP contribution in [0.5, 0.6) is 0 Å². The minimum absolute atomic E-state index is 0. The molecule has 3 N–H and O–H groups in total. The summed E-state index contributed by atoms with van der Waals surface area (Å²) in [5, 5.41) is 17.4. The van der Waals surface area contributed by atoms with E-state index in [-0.39, 0.29) is 35.5 Å². The summed E-state index contributed by atoms with van der Waals surface area (Å²) < 4.78 is 0. The summed E-state index contributed by atoms with van der Waals surface area (Å²) in [4.78, 5) is 7.51. The number of aliphatic imine (C=N–C) groups is 1. The topological polar surface area (TPSA) is 59.9 Å². The summed E-state index contributed by atoms with van der Waals surface area (Å²) in [6, 6.07) is 2.00. The van der Waals surface area contributed by atoms with Crippen LogP contribution in [0.4, 0.5) is 0 Å². The standard InChI is InChI=1S/C19H36N4O.HI/c1-4-20-18(21-13-19(3)10-6-5-7-17(19)24)22-15-11-14(2)23(12-15)16-8-9-16;/h14-17,24H,4-13H2,1-3H3,(H2,20,21,22);1H. The molecule has 4 unspecified atom stereocenters. The fourth-order valence-electron chi connectivity index (χ4n) is 4.41. The van der Waals surface area contributed by atoms with Gasteiger partial charge in [-0.05, 0) is 46.0 Å².